The summed E-state index contributed by atoms with van der Waals surface area (Å²) in [5.74, 6) is -0.0300. The number of fused-ring (bicyclic) bond motifs is 1. The third kappa shape index (κ3) is 3.35. The van der Waals surface area contributed by atoms with Gasteiger partial charge in [0.2, 0.25) is 0 Å². The van der Waals surface area contributed by atoms with Crippen LogP contribution in [-0.4, -0.2) is 34.3 Å². The molecule has 0 saturated carbocycles. The van der Waals surface area contributed by atoms with Crippen molar-refractivity contribution < 1.29 is 4.79 Å². The molecule has 0 fully saturated rings. The second kappa shape index (κ2) is 6.38. The number of halogens is 1. The van der Waals surface area contributed by atoms with Crippen molar-refractivity contribution in [3.8, 4) is 5.69 Å². The quantitative estimate of drug-likeness (QED) is 0.514. The minimum absolute atomic E-state index is 0.0300. The van der Waals surface area contributed by atoms with E-state index in [9.17, 15) is 4.79 Å². The highest BCUT2D eigenvalue weighted by molar-refractivity contribution is 9.10. The summed E-state index contributed by atoms with van der Waals surface area (Å²) in [6.45, 7) is 0. The van der Waals surface area contributed by atoms with Gasteiger partial charge in [0.15, 0.2) is 5.78 Å². The lowest BCUT2D eigenvalue weighted by molar-refractivity contribution is 0.104. The first kappa shape index (κ1) is 15.5. The Kier molecular flexibility index (Phi) is 4.30. The fourth-order valence-corrected chi connectivity index (χ4v) is 2.70. The van der Waals surface area contributed by atoms with Crippen molar-refractivity contribution >= 4 is 32.7 Å². The largest absolute Gasteiger partial charge is 0.383 e. The van der Waals surface area contributed by atoms with Crippen LogP contribution in [0, 0.1) is 0 Å². The number of imidazole rings is 1. The smallest absolute Gasteiger partial charge is 0.187 e. The van der Waals surface area contributed by atoms with Gasteiger partial charge >= 0.3 is 0 Å². The van der Waals surface area contributed by atoms with Crippen LogP contribution in [-0.2, 0) is 0 Å². The number of allylic oxidation sites excluding steroid dienone is 1. The van der Waals surface area contributed by atoms with E-state index < -0.39 is 0 Å². The summed E-state index contributed by atoms with van der Waals surface area (Å²) >= 11 is 3.48. The number of hydrogen-bond donors (Lipinski definition) is 0. The van der Waals surface area contributed by atoms with E-state index in [1.807, 2.05) is 66.0 Å². The number of carbonyl (C=O) groups is 1. The van der Waals surface area contributed by atoms with Crippen molar-refractivity contribution in [3.63, 3.8) is 0 Å². The number of rotatable bonds is 4. The van der Waals surface area contributed by atoms with E-state index in [1.165, 1.54) is 0 Å². The van der Waals surface area contributed by atoms with Gasteiger partial charge in [-0.1, -0.05) is 22.0 Å². The average molecular weight is 370 g/mol. The Hall–Kier alpha value is -2.40. The standard InChI is InChI=1S/C18H16BrN3O/c1-21(2)9-8-18(23)13-6-7-17-16(10-13)20-12-22(17)15-5-3-4-14(19)11-15/h3-12H,1-2H3. The van der Waals surface area contributed by atoms with Crippen LogP contribution in [0.15, 0.2) is 65.5 Å². The molecular formula is C18H16BrN3O. The van der Waals surface area contributed by atoms with E-state index >= 15 is 0 Å². The van der Waals surface area contributed by atoms with E-state index in [0.717, 1.165) is 21.2 Å². The van der Waals surface area contributed by atoms with Gasteiger partial charge in [0.25, 0.3) is 0 Å². The van der Waals surface area contributed by atoms with Crippen LogP contribution >= 0.6 is 15.9 Å². The normalized spacial score (nSPS) is 11.3. The molecule has 0 radical (unpaired) electrons. The maximum Gasteiger partial charge on any atom is 0.187 e. The minimum atomic E-state index is -0.0300. The van der Waals surface area contributed by atoms with Gasteiger partial charge in [-0.25, -0.2) is 4.98 Å². The van der Waals surface area contributed by atoms with Gasteiger partial charge in [-0.2, -0.15) is 0 Å². The molecule has 116 valence electrons. The number of nitrogens with zero attached hydrogens (tertiary/aromatic N) is 3. The van der Waals surface area contributed by atoms with Gasteiger partial charge < -0.3 is 4.90 Å². The Balaban J connectivity index is 1.99. The van der Waals surface area contributed by atoms with E-state index in [2.05, 4.69) is 20.9 Å². The van der Waals surface area contributed by atoms with Crippen molar-refractivity contribution in [2.45, 2.75) is 0 Å². The van der Waals surface area contributed by atoms with Crippen molar-refractivity contribution in [1.29, 1.82) is 0 Å². The molecule has 0 unspecified atom stereocenters. The molecule has 0 aliphatic carbocycles. The number of aromatic nitrogens is 2. The topological polar surface area (TPSA) is 38.1 Å². The summed E-state index contributed by atoms with van der Waals surface area (Å²) in [6, 6.07) is 13.6. The predicted molar refractivity (Wildman–Crippen MR) is 95.9 cm³/mol. The second-order valence-electron chi connectivity index (χ2n) is 5.44. The van der Waals surface area contributed by atoms with Crippen molar-refractivity contribution in [2.24, 2.45) is 0 Å². The summed E-state index contributed by atoms with van der Waals surface area (Å²) in [4.78, 5) is 18.4. The summed E-state index contributed by atoms with van der Waals surface area (Å²) in [7, 11) is 3.76. The molecule has 1 heterocycles. The first-order chi connectivity index (χ1) is 11.0. The zero-order valence-corrected chi connectivity index (χ0v) is 14.5. The maximum atomic E-state index is 12.2. The molecule has 0 aliphatic heterocycles. The molecule has 0 amide bonds. The molecule has 23 heavy (non-hydrogen) atoms. The third-order valence-corrected chi connectivity index (χ3v) is 3.94. The number of benzene rings is 2. The zero-order chi connectivity index (χ0) is 16.4. The Bertz CT molecular complexity index is 896. The first-order valence-corrected chi connectivity index (χ1v) is 7.96. The summed E-state index contributed by atoms with van der Waals surface area (Å²) < 4.78 is 3.02. The van der Waals surface area contributed by atoms with Gasteiger partial charge in [-0.15, -0.1) is 0 Å². The van der Waals surface area contributed by atoms with Crippen molar-refractivity contribution in [3.05, 3.63) is 71.1 Å². The lowest BCUT2D eigenvalue weighted by Gasteiger charge is -2.05. The fourth-order valence-electron chi connectivity index (χ4n) is 2.31. The second-order valence-corrected chi connectivity index (χ2v) is 6.36. The van der Waals surface area contributed by atoms with Crippen molar-refractivity contribution in [1.82, 2.24) is 14.5 Å². The van der Waals surface area contributed by atoms with Crippen LogP contribution < -0.4 is 0 Å². The molecule has 0 aliphatic rings. The van der Waals surface area contributed by atoms with E-state index in [-0.39, 0.29) is 5.78 Å². The van der Waals surface area contributed by atoms with Crippen molar-refractivity contribution in [2.75, 3.05) is 14.1 Å². The molecule has 0 spiro atoms. The lowest BCUT2D eigenvalue weighted by Crippen LogP contribution is -2.03. The average Bonchev–Trinajstić information content (AvgIpc) is 2.95. The molecule has 1 aromatic heterocycles. The van der Waals surface area contributed by atoms with Crippen LogP contribution in [0.1, 0.15) is 10.4 Å². The van der Waals surface area contributed by atoms with E-state index in [0.29, 0.717) is 5.56 Å². The Morgan fingerprint density at radius 3 is 2.78 bits per heavy atom. The third-order valence-electron chi connectivity index (χ3n) is 3.44. The molecule has 0 N–H and O–H groups in total. The predicted octanol–water partition coefficient (Wildman–Crippen LogP) is 4.05. The van der Waals surface area contributed by atoms with Gasteiger partial charge in [0, 0.05) is 42.1 Å². The highest BCUT2D eigenvalue weighted by Crippen LogP contribution is 2.22. The summed E-state index contributed by atoms with van der Waals surface area (Å²) in [5.41, 5.74) is 3.42. The molecule has 0 bridgehead atoms. The SMILES string of the molecule is CN(C)C=CC(=O)c1ccc2c(c1)ncn2-c1cccc(Br)c1. The molecule has 5 heteroatoms. The number of carbonyl (C=O) groups excluding carboxylic acids is 1. The highest BCUT2D eigenvalue weighted by Gasteiger charge is 2.08. The zero-order valence-electron chi connectivity index (χ0n) is 12.9. The first-order valence-electron chi connectivity index (χ1n) is 7.16. The van der Waals surface area contributed by atoms with Crippen LogP contribution in [0.25, 0.3) is 16.7 Å². The lowest BCUT2D eigenvalue weighted by atomic mass is 10.1. The highest BCUT2D eigenvalue weighted by atomic mass is 79.9. The Labute approximate surface area is 143 Å². The van der Waals surface area contributed by atoms with Crippen LogP contribution in [0.5, 0.6) is 0 Å². The molecular weight excluding hydrogens is 354 g/mol. The molecule has 3 aromatic rings. The number of ketones is 1. The fraction of sp³-hybridized carbons (Fsp3) is 0.111. The Morgan fingerprint density at radius 2 is 2.04 bits per heavy atom. The Morgan fingerprint density at radius 1 is 1.22 bits per heavy atom. The van der Waals surface area contributed by atoms with Gasteiger partial charge in [0.1, 0.15) is 6.33 Å². The van der Waals surface area contributed by atoms with Crippen LogP contribution in [0.3, 0.4) is 0 Å². The molecule has 2 aromatic carbocycles. The monoisotopic (exact) mass is 369 g/mol. The maximum absolute atomic E-state index is 12.2. The molecule has 4 nitrogen and oxygen atoms in total. The molecule has 0 saturated heterocycles. The summed E-state index contributed by atoms with van der Waals surface area (Å²) in [6.07, 6.45) is 5.08. The molecule has 3 rings (SSSR count). The molecule has 0 atom stereocenters. The van der Waals surface area contributed by atoms with Gasteiger partial charge in [-0.05, 0) is 36.4 Å². The van der Waals surface area contributed by atoms with Crippen LogP contribution in [0.2, 0.25) is 0 Å². The van der Waals surface area contributed by atoms with E-state index in [4.69, 9.17) is 0 Å². The minimum Gasteiger partial charge on any atom is -0.383 e. The van der Waals surface area contributed by atoms with Gasteiger partial charge in [-0.3, -0.25) is 9.36 Å². The van der Waals surface area contributed by atoms with Gasteiger partial charge in [0.05, 0.1) is 11.0 Å². The van der Waals surface area contributed by atoms with E-state index in [1.54, 1.807) is 18.6 Å². The summed E-state index contributed by atoms with van der Waals surface area (Å²) in [5, 5.41) is 0. The number of hydrogen-bond acceptors (Lipinski definition) is 3. The van der Waals surface area contributed by atoms with Crippen LogP contribution in [0.4, 0.5) is 0 Å².